The fourth-order valence-electron chi connectivity index (χ4n) is 4.40. The monoisotopic (exact) mass is 420 g/mol. The van der Waals surface area contributed by atoms with Crippen molar-refractivity contribution in [2.45, 2.75) is 38.4 Å². The number of nitriles is 1. The maximum absolute atomic E-state index is 13.2. The van der Waals surface area contributed by atoms with Crippen LogP contribution in [-0.2, 0) is 9.47 Å². The highest BCUT2D eigenvalue weighted by atomic mass is 16.6. The molecule has 7 nitrogen and oxygen atoms in total. The Balaban J connectivity index is 1.40. The highest BCUT2D eigenvalue weighted by Gasteiger charge is 2.44. The van der Waals surface area contributed by atoms with Gasteiger partial charge >= 0.3 is 0 Å². The fraction of sp³-hybridized carbons (Fsp3) is 0.458. The molecule has 2 saturated heterocycles. The first-order valence-electron chi connectivity index (χ1n) is 10.7. The van der Waals surface area contributed by atoms with E-state index in [0.29, 0.717) is 44.2 Å². The van der Waals surface area contributed by atoms with Gasteiger partial charge in [0.2, 0.25) is 0 Å². The van der Waals surface area contributed by atoms with Crippen LogP contribution in [0.2, 0.25) is 0 Å². The number of benzene rings is 1. The van der Waals surface area contributed by atoms with Crippen molar-refractivity contribution in [3.05, 3.63) is 58.8 Å². The number of hydrogen-bond acceptors (Lipinski definition) is 6. The lowest BCUT2D eigenvalue weighted by Gasteiger charge is -2.32. The van der Waals surface area contributed by atoms with E-state index in [0.717, 1.165) is 29.5 Å². The Bertz CT molecular complexity index is 965. The van der Waals surface area contributed by atoms with Crippen LogP contribution in [0.4, 0.5) is 5.82 Å². The van der Waals surface area contributed by atoms with Crippen molar-refractivity contribution in [2.24, 2.45) is 0 Å². The molecule has 2 atom stereocenters. The van der Waals surface area contributed by atoms with E-state index >= 15 is 0 Å². The van der Waals surface area contributed by atoms with E-state index in [9.17, 15) is 4.79 Å². The number of nitrogens with one attached hydrogen (secondary N) is 1. The summed E-state index contributed by atoms with van der Waals surface area (Å²) in [4.78, 5) is 19.3. The Morgan fingerprint density at radius 1 is 1.32 bits per heavy atom. The van der Waals surface area contributed by atoms with E-state index in [1.165, 1.54) is 0 Å². The van der Waals surface area contributed by atoms with Gasteiger partial charge < -0.3 is 19.7 Å². The number of aromatic nitrogens is 1. The molecule has 7 heteroatoms. The van der Waals surface area contributed by atoms with Crippen LogP contribution in [0.25, 0.3) is 0 Å². The lowest BCUT2D eigenvalue weighted by atomic mass is 9.99. The minimum absolute atomic E-state index is 0.0114. The molecule has 3 heterocycles. The number of amides is 1. The van der Waals surface area contributed by atoms with E-state index in [1.807, 2.05) is 30.9 Å². The Hall–Kier alpha value is -2.95. The molecule has 2 fully saturated rings. The second-order valence-electron chi connectivity index (χ2n) is 8.54. The average molecular weight is 421 g/mol. The summed E-state index contributed by atoms with van der Waals surface area (Å²) in [5.74, 6) is 0.746. The molecule has 0 bridgehead atoms. The number of carbonyl (C=O) groups is 1. The standard InChI is InChI=1S/C24H28N4O3/c1-17-9-18(2)11-20(10-17)23(29)28-7-8-30-16-24(15-28)6-5-21(31-24)14-27-22-4-3-19(12-25)13-26-22/h3-4,9-11,13,21H,5-8,14-16H2,1-2H3,(H,26,27)/t21-,24-/m1/s1. The maximum atomic E-state index is 13.2. The van der Waals surface area contributed by atoms with Crippen molar-refractivity contribution in [3.8, 4) is 6.07 Å². The van der Waals surface area contributed by atoms with Gasteiger partial charge in [0.05, 0.1) is 31.4 Å². The van der Waals surface area contributed by atoms with Crippen LogP contribution in [0, 0.1) is 25.2 Å². The Kier molecular flexibility index (Phi) is 6.21. The summed E-state index contributed by atoms with van der Waals surface area (Å²) >= 11 is 0. The number of ether oxygens (including phenoxy) is 2. The van der Waals surface area contributed by atoms with Crippen molar-refractivity contribution in [1.29, 1.82) is 5.26 Å². The molecule has 2 aromatic rings. The molecule has 4 rings (SSSR count). The smallest absolute Gasteiger partial charge is 0.254 e. The number of hydrogen-bond donors (Lipinski definition) is 1. The van der Waals surface area contributed by atoms with Crippen LogP contribution in [0.3, 0.4) is 0 Å². The maximum Gasteiger partial charge on any atom is 0.254 e. The Morgan fingerprint density at radius 2 is 2.13 bits per heavy atom. The van der Waals surface area contributed by atoms with Crippen LogP contribution in [0.1, 0.15) is 39.9 Å². The second kappa shape index (κ2) is 9.04. The molecule has 162 valence electrons. The largest absolute Gasteiger partial charge is 0.377 e. The van der Waals surface area contributed by atoms with Gasteiger partial charge in [0.15, 0.2) is 0 Å². The average Bonchev–Trinajstić information content (AvgIpc) is 3.04. The molecule has 2 aliphatic rings. The van der Waals surface area contributed by atoms with Crippen LogP contribution in [0.15, 0.2) is 36.5 Å². The van der Waals surface area contributed by atoms with Gasteiger partial charge in [0.25, 0.3) is 5.91 Å². The molecule has 0 aliphatic carbocycles. The lowest BCUT2D eigenvalue weighted by molar-refractivity contribution is -0.0802. The second-order valence-corrected chi connectivity index (χ2v) is 8.54. The lowest BCUT2D eigenvalue weighted by Crippen LogP contribution is -2.47. The molecule has 0 radical (unpaired) electrons. The molecule has 0 unspecified atom stereocenters. The van der Waals surface area contributed by atoms with Gasteiger partial charge in [0.1, 0.15) is 17.5 Å². The summed E-state index contributed by atoms with van der Waals surface area (Å²) in [6.45, 7) is 6.74. The SMILES string of the molecule is Cc1cc(C)cc(C(=O)N2CCOC[C@@]3(CC[C@H](CNc4ccc(C#N)cn4)O3)C2)c1. The number of anilines is 1. The molecule has 1 amide bonds. The summed E-state index contributed by atoms with van der Waals surface area (Å²) in [7, 11) is 0. The van der Waals surface area contributed by atoms with Crippen molar-refractivity contribution < 1.29 is 14.3 Å². The van der Waals surface area contributed by atoms with Gasteiger partial charge in [-0.2, -0.15) is 5.26 Å². The summed E-state index contributed by atoms with van der Waals surface area (Å²) in [5, 5.41) is 12.2. The quantitative estimate of drug-likeness (QED) is 0.818. The molecule has 1 N–H and O–H groups in total. The number of pyridine rings is 1. The summed E-state index contributed by atoms with van der Waals surface area (Å²) in [6.07, 6.45) is 3.29. The first-order chi connectivity index (χ1) is 15.0. The summed E-state index contributed by atoms with van der Waals surface area (Å²) in [6, 6.07) is 11.6. The number of nitrogens with zero attached hydrogens (tertiary/aromatic N) is 3. The predicted octanol–water partition coefficient (Wildman–Crippen LogP) is 3.07. The van der Waals surface area contributed by atoms with Crippen molar-refractivity contribution in [3.63, 3.8) is 0 Å². The molecule has 1 spiro atoms. The Labute approximate surface area is 183 Å². The van der Waals surface area contributed by atoms with Crippen molar-refractivity contribution in [1.82, 2.24) is 9.88 Å². The number of carbonyl (C=O) groups excluding carboxylic acids is 1. The number of aryl methyl sites for hydroxylation is 2. The van der Waals surface area contributed by atoms with Crippen LogP contribution >= 0.6 is 0 Å². The third-order valence-corrected chi connectivity index (χ3v) is 5.85. The van der Waals surface area contributed by atoms with Gasteiger partial charge in [0, 0.05) is 24.8 Å². The van der Waals surface area contributed by atoms with Crippen LogP contribution in [-0.4, -0.2) is 60.3 Å². The molecule has 1 aromatic heterocycles. The molecular formula is C24H28N4O3. The van der Waals surface area contributed by atoms with E-state index in [4.69, 9.17) is 14.7 Å². The van der Waals surface area contributed by atoms with E-state index < -0.39 is 5.60 Å². The zero-order valence-corrected chi connectivity index (χ0v) is 18.1. The zero-order chi connectivity index (χ0) is 21.8. The van der Waals surface area contributed by atoms with Gasteiger partial charge in [-0.1, -0.05) is 17.2 Å². The van der Waals surface area contributed by atoms with Gasteiger partial charge in [-0.15, -0.1) is 0 Å². The topological polar surface area (TPSA) is 87.5 Å². The van der Waals surface area contributed by atoms with Crippen molar-refractivity contribution in [2.75, 3.05) is 38.2 Å². The molecular weight excluding hydrogens is 392 g/mol. The van der Waals surface area contributed by atoms with Gasteiger partial charge in [-0.05, 0) is 51.0 Å². The minimum Gasteiger partial charge on any atom is -0.377 e. The normalized spacial score (nSPS) is 23.4. The first kappa shape index (κ1) is 21.3. The number of rotatable bonds is 4. The van der Waals surface area contributed by atoms with E-state index in [-0.39, 0.29) is 12.0 Å². The minimum atomic E-state index is -0.477. The molecule has 31 heavy (non-hydrogen) atoms. The summed E-state index contributed by atoms with van der Waals surface area (Å²) in [5.41, 5.74) is 2.95. The highest BCUT2D eigenvalue weighted by molar-refractivity contribution is 5.94. The molecule has 1 aromatic carbocycles. The molecule has 0 saturated carbocycles. The van der Waals surface area contributed by atoms with Gasteiger partial charge in [-0.25, -0.2) is 4.98 Å². The van der Waals surface area contributed by atoms with Crippen LogP contribution in [0.5, 0.6) is 0 Å². The zero-order valence-electron chi connectivity index (χ0n) is 18.1. The van der Waals surface area contributed by atoms with Crippen molar-refractivity contribution >= 4 is 11.7 Å². The van der Waals surface area contributed by atoms with Gasteiger partial charge in [-0.3, -0.25) is 4.79 Å². The summed E-state index contributed by atoms with van der Waals surface area (Å²) < 4.78 is 12.3. The van der Waals surface area contributed by atoms with E-state index in [2.05, 4.69) is 22.4 Å². The Morgan fingerprint density at radius 3 is 2.84 bits per heavy atom. The third kappa shape index (κ3) is 5.04. The molecule has 2 aliphatic heterocycles. The fourth-order valence-corrected chi connectivity index (χ4v) is 4.40. The van der Waals surface area contributed by atoms with E-state index in [1.54, 1.807) is 18.3 Å². The van der Waals surface area contributed by atoms with Crippen LogP contribution < -0.4 is 5.32 Å². The first-order valence-corrected chi connectivity index (χ1v) is 10.7. The third-order valence-electron chi connectivity index (χ3n) is 5.85. The predicted molar refractivity (Wildman–Crippen MR) is 117 cm³/mol. The highest BCUT2D eigenvalue weighted by Crippen LogP contribution is 2.33.